The Hall–Kier alpha value is -1.57. The summed E-state index contributed by atoms with van der Waals surface area (Å²) < 4.78 is 0. The number of hydrogen-bond acceptors (Lipinski definition) is 2. The summed E-state index contributed by atoms with van der Waals surface area (Å²) in [7, 11) is 0. The summed E-state index contributed by atoms with van der Waals surface area (Å²) in [5.41, 5.74) is 1.65. The fourth-order valence-electron chi connectivity index (χ4n) is 0.986. The van der Waals surface area contributed by atoms with E-state index in [1.165, 1.54) is 6.92 Å². The molecule has 1 aromatic carbocycles. The first-order chi connectivity index (χ1) is 6.09. The van der Waals surface area contributed by atoms with E-state index < -0.39 is 0 Å². The van der Waals surface area contributed by atoms with Gasteiger partial charge in [-0.25, -0.2) is 0 Å². The van der Waals surface area contributed by atoms with Crippen LogP contribution in [0.4, 0.5) is 0 Å². The van der Waals surface area contributed by atoms with Crippen molar-refractivity contribution in [3.63, 3.8) is 0 Å². The molecule has 0 heterocycles. The molecule has 0 aliphatic heterocycles. The average molecular weight is 175 g/mol. The summed E-state index contributed by atoms with van der Waals surface area (Å²) in [5, 5.41) is 11.3. The van der Waals surface area contributed by atoms with E-state index in [0.29, 0.717) is 5.56 Å². The Morgan fingerprint density at radius 1 is 1.31 bits per heavy atom. The zero-order chi connectivity index (χ0) is 9.84. The van der Waals surface area contributed by atoms with Crippen molar-refractivity contribution in [2.24, 2.45) is 0 Å². The lowest BCUT2D eigenvalue weighted by Crippen LogP contribution is -2.04. The molecule has 0 bridgehead atoms. The molecule has 0 unspecified atom stereocenters. The maximum atomic E-state index is 11.3. The van der Waals surface area contributed by atoms with Crippen LogP contribution in [0.1, 0.15) is 18.1 Å². The van der Waals surface area contributed by atoms with Crippen LogP contribution in [0.2, 0.25) is 0 Å². The fourth-order valence-corrected chi connectivity index (χ4v) is 0.986. The molecule has 0 aromatic heterocycles. The highest BCUT2D eigenvalue weighted by Crippen LogP contribution is 2.09. The van der Waals surface area contributed by atoms with Crippen LogP contribution in [0.25, 0.3) is 5.76 Å². The van der Waals surface area contributed by atoms with Gasteiger partial charge in [0.05, 0.1) is 0 Å². The fraction of sp³-hybridized carbons (Fsp3) is 0.182. The Morgan fingerprint density at radius 2 is 1.85 bits per heavy atom. The van der Waals surface area contributed by atoms with Crippen molar-refractivity contribution in [3.8, 4) is 0 Å². The van der Waals surface area contributed by atoms with E-state index in [1.807, 2.05) is 19.1 Å². The smallest absolute Gasteiger partial charge is 0.152 e. The quantitative estimate of drug-likeness (QED) is 0.502. The Labute approximate surface area is 77.5 Å². The van der Waals surface area contributed by atoms with E-state index in [1.54, 1.807) is 12.1 Å². The Bertz CT molecular complexity index is 334. The lowest BCUT2D eigenvalue weighted by molar-refractivity contribution is -0.243. The third-order valence-corrected chi connectivity index (χ3v) is 1.67. The van der Waals surface area contributed by atoms with Gasteiger partial charge in [0, 0.05) is 0 Å². The molecule has 0 spiro atoms. The summed E-state index contributed by atoms with van der Waals surface area (Å²) in [6.07, 6.45) is 1.10. The van der Waals surface area contributed by atoms with Crippen LogP contribution in [0.3, 0.4) is 0 Å². The van der Waals surface area contributed by atoms with Gasteiger partial charge in [0.15, 0.2) is 5.78 Å². The number of benzene rings is 1. The summed E-state index contributed by atoms with van der Waals surface area (Å²) in [6, 6.07) is 7.14. The summed E-state index contributed by atoms with van der Waals surface area (Å²) in [6.45, 7) is 3.31. The second-order valence-electron chi connectivity index (χ2n) is 2.99. The van der Waals surface area contributed by atoms with Crippen LogP contribution in [0, 0.1) is 6.92 Å². The average Bonchev–Trinajstić information content (AvgIpc) is 2.04. The molecule has 0 atom stereocenters. The minimum Gasteiger partial charge on any atom is -0.872 e. The van der Waals surface area contributed by atoms with Crippen molar-refractivity contribution in [2.45, 2.75) is 13.8 Å². The largest absolute Gasteiger partial charge is 0.872 e. The van der Waals surface area contributed by atoms with E-state index in [9.17, 15) is 9.90 Å². The van der Waals surface area contributed by atoms with Crippen LogP contribution in [-0.4, -0.2) is 5.78 Å². The Kier molecular flexibility index (Phi) is 2.85. The van der Waals surface area contributed by atoms with Gasteiger partial charge in [-0.3, -0.25) is 4.79 Å². The summed E-state index contributed by atoms with van der Waals surface area (Å²) in [5.74, 6) is -0.446. The lowest BCUT2D eigenvalue weighted by atomic mass is 10.1. The highest BCUT2D eigenvalue weighted by atomic mass is 16.3. The van der Waals surface area contributed by atoms with Crippen molar-refractivity contribution in [1.82, 2.24) is 0 Å². The van der Waals surface area contributed by atoms with E-state index in [2.05, 4.69) is 0 Å². The number of allylic oxidation sites excluding steroid dienone is 1. The predicted octanol–water partition coefficient (Wildman–Crippen LogP) is 1.29. The molecule has 0 N–H and O–H groups in total. The van der Waals surface area contributed by atoms with Gasteiger partial charge in [-0.05, 0) is 25.5 Å². The number of aryl methyl sites for hydroxylation is 1. The molecular weight excluding hydrogens is 164 g/mol. The standard InChI is InChI=1S/C11H12O2/c1-8-3-5-10(6-4-8)11(13)7-9(2)12/h3-7,13H,1-2H3/p-1/b11-7-. The first kappa shape index (κ1) is 9.52. The maximum absolute atomic E-state index is 11.3. The first-order valence-corrected chi connectivity index (χ1v) is 4.06. The zero-order valence-electron chi connectivity index (χ0n) is 7.70. The molecule has 1 aromatic rings. The summed E-state index contributed by atoms with van der Waals surface area (Å²) >= 11 is 0. The second-order valence-corrected chi connectivity index (χ2v) is 2.99. The molecule has 68 valence electrons. The molecule has 1 rings (SSSR count). The van der Waals surface area contributed by atoms with Crippen molar-refractivity contribution in [3.05, 3.63) is 41.5 Å². The molecule has 0 aliphatic carbocycles. The molecule has 2 nitrogen and oxygen atoms in total. The van der Waals surface area contributed by atoms with Crippen molar-refractivity contribution < 1.29 is 9.90 Å². The molecule has 2 heteroatoms. The minimum absolute atomic E-state index is 0.217. The molecule has 0 fully saturated rings. The van der Waals surface area contributed by atoms with Crippen LogP contribution in [0.15, 0.2) is 30.3 Å². The van der Waals surface area contributed by atoms with E-state index in [-0.39, 0.29) is 11.5 Å². The minimum atomic E-state index is -0.229. The van der Waals surface area contributed by atoms with E-state index in [4.69, 9.17) is 0 Å². The molecule has 0 radical (unpaired) electrons. The number of ketones is 1. The number of carbonyl (C=O) groups excluding carboxylic acids is 1. The number of rotatable bonds is 2. The summed E-state index contributed by atoms with van der Waals surface area (Å²) in [4.78, 5) is 10.6. The van der Waals surface area contributed by atoms with Gasteiger partial charge >= 0.3 is 0 Å². The third kappa shape index (κ3) is 2.75. The van der Waals surface area contributed by atoms with Gasteiger partial charge in [-0.2, -0.15) is 0 Å². The molecule has 0 aliphatic rings. The highest BCUT2D eigenvalue weighted by Gasteiger charge is 1.91. The molecular formula is C11H11O2-. The molecule has 0 saturated carbocycles. The second kappa shape index (κ2) is 3.90. The van der Waals surface area contributed by atoms with Crippen molar-refractivity contribution in [1.29, 1.82) is 0 Å². The van der Waals surface area contributed by atoms with Crippen LogP contribution < -0.4 is 5.11 Å². The van der Waals surface area contributed by atoms with Crippen molar-refractivity contribution in [2.75, 3.05) is 0 Å². The predicted molar refractivity (Wildman–Crippen MR) is 49.8 cm³/mol. The number of hydrogen-bond donors (Lipinski definition) is 0. The highest BCUT2D eigenvalue weighted by molar-refractivity contribution is 5.93. The van der Waals surface area contributed by atoms with E-state index >= 15 is 0 Å². The lowest BCUT2D eigenvalue weighted by Gasteiger charge is -2.11. The third-order valence-electron chi connectivity index (χ3n) is 1.67. The normalized spacial score (nSPS) is 11.4. The van der Waals surface area contributed by atoms with Crippen LogP contribution in [-0.2, 0) is 4.79 Å². The molecule has 0 saturated heterocycles. The molecule has 0 amide bonds. The SMILES string of the molecule is CC(=O)/C=C(\[O-])c1ccc(C)cc1. The monoisotopic (exact) mass is 175 g/mol. The van der Waals surface area contributed by atoms with Gasteiger partial charge in [-0.1, -0.05) is 35.6 Å². The van der Waals surface area contributed by atoms with E-state index in [0.717, 1.165) is 11.6 Å². The maximum Gasteiger partial charge on any atom is 0.152 e. The number of carbonyl (C=O) groups is 1. The Morgan fingerprint density at radius 3 is 2.31 bits per heavy atom. The van der Waals surface area contributed by atoms with Gasteiger partial charge in [0.2, 0.25) is 0 Å². The van der Waals surface area contributed by atoms with Gasteiger partial charge < -0.3 is 5.11 Å². The van der Waals surface area contributed by atoms with Gasteiger partial charge in [0.1, 0.15) is 0 Å². The van der Waals surface area contributed by atoms with Crippen LogP contribution >= 0.6 is 0 Å². The Balaban J connectivity index is 2.96. The van der Waals surface area contributed by atoms with Gasteiger partial charge in [-0.15, -0.1) is 0 Å². The van der Waals surface area contributed by atoms with Crippen LogP contribution in [0.5, 0.6) is 0 Å². The zero-order valence-corrected chi connectivity index (χ0v) is 7.70. The van der Waals surface area contributed by atoms with Gasteiger partial charge in [0.25, 0.3) is 0 Å². The topological polar surface area (TPSA) is 40.1 Å². The first-order valence-electron chi connectivity index (χ1n) is 4.06. The van der Waals surface area contributed by atoms with Crippen molar-refractivity contribution >= 4 is 11.5 Å². The molecule has 13 heavy (non-hydrogen) atoms.